The maximum absolute atomic E-state index is 15.5. The zero-order chi connectivity index (χ0) is 96.7. The minimum absolute atomic E-state index is 0.000508. The van der Waals surface area contributed by atoms with E-state index in [9.17, 15) is 67.4 Å². The summed E-state index contributed by atoms with van der Waals surface area (Å²) in [5, 5.41) is 46.7. The molecule has 3 aromatic heterocycles. The number of aromatic nitrogens is 4. The summed E-state index contributed by atoms with van der Waals surface area (Å²) in [6, 6.07) is 15.4. The van der Waals surface area contributed by atoms with Gasteiger partial charge in [0, 0.05) is 130 Å². The second-order valence-corrected chi connectivity index (χ2v) is 35.2. The SMILES string of the molecule is CC(C)C[C@@H]1NC(=O)[C@H](Cc2cnc[nH]2)NC(=O)[C@@H]2CCCN2C(=O)[C@H](CC(N)=O)NC(=O)C(C)N(C)C(=O)[C@H](Cc2ccccc2)NC(=O)CSC[C@@H](C(=O)NCC(N)=O)NC(=O)[C@H](CCCNC(=N)N)NC(=O)[C@H](C)N(C)C(=O)[C@H](CCCc2ccccc2)CC(=O)[C@H](Cc2c[nH]c3ccccc23)NC(=O)[C@H](CO)NC(=O)[C@H](Cc2c[nH]c3ccccc23)CC(=O)CN(C)C1=O. The Morgan fingerprint density at radius 2 is 1.12 bits per heavy atom. The van der Waals surface area contributed by atoms with Crippen molar-refractivity contribution in [1.82, 2.24) is 92.7 Å². The number of nitrogens with two attached hydrogens (primary N) is 3. The molecule has 2 aliphatic heterocycles. The van der Waals surface area contributed by atoms with Crippen LogP contribution in [0.5, 0.6) is 0 Å². The maximum Gasteiger partial charge on any atom is 0.246 e. The third-order valence-electron chi connectivity index (χ3n) is 23.6. The molecule has 15 amide bonds. The summed E-state index contributed by atoms with van der Waals surface area (Å²) in [5.74, 6) is -19.1. The molecular formula is C92H122N22O18S. The second kappa shape index (κ2) is 50.0. The van der Waals surface area contributed by atoms with Crippen LogP contribution in [0.25, 0.3) is 21.8 Å². The van der Waals surface area contributed by atoms with E-state index in [1.807, 2.05) is 30.3 Å². The van der Waals surface area contributed by atoms with Crippen molar-refractivity contribution in [3.05, 3.63) is 162 Å². The molecule has 0 bridgehead atoms. The number of hydrogen-bond donors (Lipinski definition) is 18. The lowest BCUT2D eigenvalue weighted by atomic mass is 9.89. The number of H-pyrrole nitrogens is 3. The molecule has 21 N–H and O–H groups in total. The molecule has 41 heteroatoms. The van der Waals surface area contributed by atoms with Crippen LogP contribution in [-0.2, 0) is 114 Å². The summed E-state index contributed by atoms with van der Waals surface area (Å²) in [7, 11) is 3.90. The van der Waals surface area contributed by atoms with Crippen LogP contribution in [0.1, 0.15) is 120 Å². The van der Waals surface area contributed by atoms with Gasteiger partial charge in [-0.3, -0.25) is 86.9 Å². The fourth-order valence-electron chi connectivity index (χ4n) is 16.1. The summed E-state index contributed by atoms with van der Waals surface area (Å²) in [6.07, 6.45) is 4.23. The molecule has 2 fully saturated rings. The number of fused-ring (bicyclic) bond motifs is 3. The third kappa shape index (κ3) is 30.4. The van der Waals surface area contributed by atoms with Gasteiger partial charge in [0.25, 0.3) is 0 Å². The van der Waals surface area contributed by atoms with Crippen molar-refractivity contribution in [2.75, 3.05) is 65.4 Å². The van der Waals surface area contributed by atoms with Gasteiger partial charge in [-0.25, -0.2) is 4.98 Å². The molecule has 0 radical (unpaired) electrons. The number of nitrogens with zero attached hydrogens (tertiary/aromatic N) is 5. The second-order valence-electron chi connectivity index (χ2n) is 34.1. The van der Waals surface area contributed by atoms with E-state index < -0.39 is 235 Å². The quantitative estimate of drug-likeness (QED) is 0.0203. The number of thioether (sulfide) groups is 1. The monoisotopic (exact) mass is 1850 g/mol. The van der Waals surface area contributed by atoms with Crippen molar-refractivity contribution in [1.29, 1.82) is 5.41 Å². The number of rotatable bonds is 24. The van der Waals surface area contributed by atoms with Gasteiger partial charge in [0.1, 0.15) is 60.4 Å². The van der Waals surface area contributed by atoms with E-state index in [4.69, 9.17) is 22.6 Å². The van der Waals surface area contributed by atoms with E-state index in [0.717, 1.165) is 36.9 Å². The molecule has 7 aromatic rings. The number of guanidine groups is 1. The molecule has 13 atom stereocenters. The van der Waals surface area contributed by atoms with Crippen LogP contribution in [0.2, 0.25) is 0 Å². The molecule has 0 saturated carbocycles. The van der Waals surface area contributed by atoms with E-state index in [1.165, 1.54) is 47.5 Å². The largest absolute Gasteiger partial charge is 0.394 e. The van der Waals surface area contributed by atoms with Crippen LogP contribution in [-0.4, -0.2) is 283 Å². The lowest BCUT2D eigenvalue weighted by molar-refractivity contribution is -0.145. The Morgan fingerprint density at radius 3 is 1.73 bits per heavy atom. The number of Topliss-reactive ketones (excluding diaryl/α,β-unsaturated/α-hetero) is 2. The van der Waals surface area contributed by atoms with E-state index in [2.05, 4.69) is 73.1 Å². The first-order valence-corrected chi connectivity index (χ1v) is 45.4. The van der Waals surface area contributed by atoms with Crippen LogP contribution in [0.3, 0.4) is 0 Å². The van der Waals surface area contributed by atoms with Gasteiger partial charge >= 0.3 is 0 Å². The minimum Gasteiger partial charge on any atom is -0.394 e. The maximum atomic E-state index is 15.5. The van der Waals surface area contributed by atoms with Crippen molar-refractivity contribution >= 4 is 140 Å². The first kappa shape index (κ1) is 103. The third-order valence-corrected chi connectivity index (χ3v) is 24.6. The number of nitrogens with one attached hydrogen (secondary N) is 14. The van der Waals surface area contributed by atoms with E-state index in [-0.39, 0.29) is 83.2 Å². The number of aromatic amines is 3. The predicted molar refractivity (Wildman–Crippen MR) is 493 cm³/mol. The molecule has 1 unspecified atom stereocenters. The highest BCUT2D eigenvalue weighted by Gasteiger charge is 2.43. The average Bonchev–Trinajstić information content (AvgIpc) is 1.78. The summed E-state index contributed by atoms with van der Waals surface area (Å²) < 4.78 is 0. The Labute approximate surface area is 773 Å². The number of carbonyl (C=O) groups is 17. The number of benzene rings is 4. The van der Waals surface area contributed by atoms with Gasteiger partial charge < -0.3 is 110 Å². The molecule has 5 heterocycles. The average molecular weight is 1860 g/mol. The number of aryl methyl sites for hydroxylation is 1. The van der Waals surface area contributed by atoms with Crippen LogP contribution in [0.4, 0.5) is 0 Å². The number of primary amides is 2. The lowest BCUT2D eigenvalue weighted by Gasteiger charge is -2.32. The van der Waals surface area contributed by atoms with Crippen molar-refractivity contribution in [2.45, 2.75) is 190 Å². The fourth-order valence-corrected chi connectivity index (χ4v) is 17.0. The molecule has 2 aliphatic rings. The number of para-hydroxylation sites is 2. The van der Waals surface area contributed by atoms with Gasteiger partial charge in [-0.2, -0.15) is 0 Å². The number of aliphatic hydroxyl groups excluding tert-OH is 1. The molecule has 714 valence electrons. The number of amides is 15. The van der Waals surface area contributed by atoms with Crippen LogP contribution >= 0.6 is 11.8 Å². The van der Waals surface area contributed by atoms with E-state index >= 15 is 19.2 Å². The van der Waals surface area contributed by atoms with Crippen molar-refractivity contribution in [3.8, 4) is 0 Å². The Morgan fingerprint density at radius 1 is 0.549 bits per heavy atom. The molecular weight excluding hydrogens is 1730 g/mol. The normalized spacial score (nSPS) is 23.4. The molecule has 9 rings (SSSR count). The Balaban J connectivity index is 1.07. The summed E-state index contributed by atoms with van der Waals surface area (Å²) in [6.45, 7) is 3.78. The van der Waals surface area contributed by atoms with Crippen molar-refractivity contribution in [2.24, 2.45) is 35.0 Å². The van der Waals surface area contributed by atoms with Gasteiger partial charge in [0.2, 0.25) is 88.6 Å². The summed E-state index contributed by atoms with van der Waals surface area (Å²) >= 11 is 0.791. The molecule has 4 aromatic carbocycles. The Bertz CT molecular complexity index is 5280. The van der Waals surface area contributed by atoms with Gasteiger partial charge in [-0.05, 0) is 112 Å². The number of likely N-dealkylation sites (N-methyl/N-ethyl adjacent to an activating group) is 3. The fraction of sp³-hybridized carbons (Fsp3) is 0.467. The van der Waals surface area contributed by atoms with Crippen molar-refractivity contribution in [3.63, 3.8) is 0 Å². The van der Waals surface area contributed by atoms with Gasteiger partial charge in [0.15, 0.2) is 17.5 Å². The Hall–Kier alpha value is -13.9. The highest BCUT2D eigenvalue weighted by Crippen LogP contribution is 2.28. The van der Waals surface area contributed by atoms with Crippen LogP contribution in [0.15, 0.2) is 134 Å². The smallest absolute Gasteiger partial charge is 0.246 e. The van der Waals surface area contributed by atoms with E-state index in [0.29, 0.717) is 57.0 Å². The van der Waals surface area contributed by atoms with Gasteiger partial charge in [-0.15, -0.1) is 11.8 Å². The first-order chi connectivity index (χ1) is 63.5. The van der Waals surface area contributed by atoms with Crippen LogP contribution in [0, 0.1) is 23.2 Å². The Kier molecular flexibility index (Phi) is 38.6. The topological polar surface area (TPSA) is 606 Å². The minimum atomic E-state index is -1.80. The number of ketones is 2. The number of aliphatic hydroxyl groups is 1. The van der Waals surface area contributed by atoms with Gasteiger partial charge in [0.05, 0.1) is 44.2 Å². The standard InChI is InChI=1S/C92H122N22O18S/c1-52(2)35-70-89(130)111(5)47-62(116)38-58(37-59-43-99-65-29-16-14-27-63(59)65)82(123)109-73(48-115)86(127)105-68(39-60-44-100-66-30-17-15-28-64(60)66)76(117)40-57(26-18-25-55-21-10-8-11-22-55)88(129)112(6)53(3)80(121)104-67(31-19-33-98-92(95)96)84(125)110-74(83(124)101-46-78(94)119)49-133-50-79(120)103-71(36-56-23-12-9-13-24-56)90(131)113(7)54(4)81(122)107-72(42-77(93)118)91(132)114-34-20-32-75(114)87(128)106-69(85(126)108-70)41-61-45-97-51-102-61/h8-17,21-24,27-30,43-45,51-54,57-58,67-75,99-100,115H,18-20,25-26,31-42,46-50H2,1-7H3,(H2,93,118)(H2,94,119)(H,97,102)(H,101,124)(H,103,120)(H,104,121)(H,105,127)(H,106,128)(H,107,122)(H,108,126)(H,109,123)(H,110,125)(H4,95,96,98)/t53-,54?,57+,58+,67-,68-,69-,70-,71-,72-,73-,74-,75-/m0/s1. The van der Waals surface area contributed by atoms with Crippen molar-refractivity contribution < 1.29 is 86.6 Å². The highest BCUT2D eigenvalue weighted by molar-refractivity contribution is 8.00. The summed E-state index contributed by atoms with van der Waals surface area (Å²) in [5.41, 5.74) is 21.0. The number of imidazole rings is 1. The number of carbonyl (C=O) groups excluding carboxylic acids is 17. The number of hydrogen-bond acceptors (Lipinski definition) is 21. The lowest BCUT2D eigenvalue weighted by Crippen LogP contribution is -2.60. The summed E-state index contributed by atoms with van der Waals surface area (Å²) in [4.78, 5) is 265. The first-order valence-electron chi connectivity index (χ1n) is 44.3. The van der Waals surface area contributed by atoms with Crippen LogP contribution < -0.4 is 70.4 Å². The molecule has 2 saturated heterocycles. The molecule has 40 nitrogen and oxygen atoms in total. The molecule has 133 heavy (non-hydrogen) atoms. The van der Waals surface area contributed by atoms with Gasteiger partial charge in [-0.1, -0.05) is 111 Å². The zero-order valence-corrected chi connectivity index (χ0v) is 76.4. The zero-order valence-electron chi connectivity index (χ0n) is 75.6. The van der Waals surface area contributed by atoms with E-state index in [1.54, 1.807) is 105 Å². The molecule has 0 spiro atoms. The predicted octanol–water partition coefficient (Wildman–Crippen LogP) is -0.636. The highest BCUT2D eigenvalue weighted by atomic mass is 32.2. The molecule has 0 aliphatic carbocycles.